The molecule has 1 fully saturated rings. The molecule has 0 spiro atoms. The topological polar surface area (TPSA) is 37.4 Å². The lowest BCUT2D eigenvalue weighted by Crippen LogP contribution is -2.45. The molecule has 0 radical (unpaired) electrons. The van der Waals surface area contributed by atoms with Crippen LogP contribution in [0.25, 0.3) is 0 Å². The van der Waals surface area contributed by atoms with Gasteiger partial charge in [-0.05, 0) is 18.8 Å². The molecule has 0 heterocycles. The standard InChI is InChI=1S/C11H22ClNO2S/c1-9(2)8-16(14,15)13(3)11-7-5-4-6-10(11)12/h9-11H,4-8H2,1-3H3. The van der Waals surface area contributed by atoms with Crippen molar-refractivity contribution < 1.29 is 8.42 Å². The molecule has 1 saturated carbocycles. The summed E-state index contributed by atoms with van der Waals surface area (Å²) in [5.41, 5.74) is 0. The first-order chi connectivity index (χ1) is 7.34. The summed E-state index contributed by atoms with van der Waals surface area (Å²) in [7, 11) is -1.47. The van der Waals surface area contributed by atoms with Crippen LogP contribution in [-0.4, -0.2) is 36.9 Å². The third-order valence-electron chi connectivity index (χ3n) is 3.10. The Kier molecular flexibility index (Phi) is 5.08. The molecule has 0 amide bonds. The van der Waals surface area contributed by atoms with Gasteiger partial charge in [0.2, 0.25) is 10.0 Å². The summed E-state index contributed by atoms with van der Waals surface area (Å²) >= 11 is 6.21. The van der Waals surface area contributed by atoms with Crippen molar-refractivity contribution in [1.29, 1.82) is 0 Å². The Morgan fingerprint density at radius 3 is 2.38 bits per heavy atom. The minimum atomic E-state index is -3.14. The highest BCUT2D eigenvalue weighted by Crippen LogP contribution is 2.28. The van der Waals surface area contributed by atoms with Crippen LogP contribution in [0.3, 0.4) is 0 Å². The van der Waals surface area contributed by atoms with Crippen LogP contribution in [0.1, 0.15) is 39.5 Å². The fraction of sp³-hybridized carbons (Fsp3) is 1.00. The molecule has 3 nitrogen and oxygen atoms in total. The van der Waals surface area contributed by atoms with Gasteiger partial charge in [0.25, 0.3) is 0 Å². The van der Waals surface area contributed by atoms with Gasteiger partial charge in [0.05, 0.1) is 11.1 Å². The van der Waals surface area contributed by atoms with E-state index in [0.717, 1.165) is 25.7 Å². The summed E-state index contributed by atoms with van der Waals surface area (Å²) < 4.78 is 25.6. The molecule has 1 aliphatic carbocycles. The van der Waals surface area contributed by atoms with E-state index in [1.165, 1.54) is 4.31 Å². The highest BCUT2D eigenvalue weighted by molar-refractivity contribution is 7.89. The Morgan fingerprint density at radius 2 is 1.88 bits per heavy atom. The van der Waals surface area contributed by atoms with Gasteiger partial charge in [-0.15, -0.1) is 11.6 Å². The third-order valence-corrected chi connectivity index (χ3v) is 5.84. The predicted molar refractivity (Wildman–Crippen MR) is 68.3 cm³/mol. The van der Waals surface area contributed by atoms with E-state index in [0.29, 0.717) is 0 Å². The Balaban J connectivity index is 2.71. The molecular weight excluding hydrogens is 246 g/mol. The fourth-order valence-electron chi connectivity index (χ4n) is 2.22. The summed E-state index contributed by atoms with van der Waals surface area (Å²) in [6, 6.07) is -0.0147. The lowest BCUT2D eigenvalue weighted by Gasteiger charge is -2.34. The molecule has 0 aliphatic heterocycles. The Labute approximate surface area is 104 Å². The van der Waals surface area contributed by atoms with E-state index in [4.69, 9.17) is 11.6 Å². The van der Waals surface area contributed by atoms with Crippen molar-refractivity contribution in [2.24, 2.45) is 5.92 Å². The highest BCUT2D eigenvalue weighted by atomic mass is 35.5. The van der Waals surface area contributed by atoms with Crippen LogP contribution >= 0.6 is 11.6 Å². The van der Waals surface area contributed by atoms with Crippen molar-refractivity contribution in [2.45, 2.75) is 50.9 Å². The maximum Gasteiger partial charge on any atom is 0.214 e. The second-order valence-electron chi connectivity index (χ2n) is 5.06. The van der Waals surface area contributed by atoms with Gasteiger partial charge in [-0.2, -0.15) is 0 Å². The summed E-state index contributed by atoms with van der Waals surface area (Å²) in [5, 5.41) is -0.0271. The number of nitrogens with zero attached hydrogens (tertiary/aromatic N) is 1. The Bertz CT molecular complexity index is 316. The minimum absolute atomic E-state index is 0.0147. The first kappa shape index (κ1) is 14.3. The minimum Gasteiger partial charge on any atom is -0.212 e. The number of hydrogen-bond donors (Lipinski definition) is 0. The molecule has 0 N–H and O–H groups in total. The van der Waals surface area contributed by atoms with Crippen LogP contribution < -0.4 is 0 Å². The van der Waals surface area contributed by atoms with E-state index < -0.39 is 10.0 Å². The molecule has 0 bridgehead atoms. The number of sulfonamides is 1. The van der Waals surface area contributed by atoms with Crippen molar-refractivity contribution in [3.05, 3.63) is 0 Å². The van der Waals surface area contributed by atoms with Crippen LogP contribution in [0.2, 0.25) is 0 Å². The molecule has 0 aromatic heterocycles. The normalized spacial score (nSPS) is 27.6. The predicted octanol–water partition coefficient (Wildman–Crippen LogP) is 2.45. The molecule has 1 rings (SSSR count). The zero-order valence-corrected chi connectivity index (χ0v) is 11.9. The van der Waals surface area contributed by atoms with Crippen LogP contribution in [0.5, 0.6) is 0 Å². The smallest absolute Gasteiger partial charge is 0.212 e. The van der Waals surface area contributed by atoms with Gasteiger partial charge < -0.3 is 0 Å². The number of rotatable bonds is 4. The summed E-state index contributed by atoms with van der Waals surface area (Å²) in [5.74, 6) is 0.369. The SMILES string of the molecule is CC(C)CS(=O)(=O)N(C)C1CCCCC1Cl. The highest BCUT2D eigenvalue weighted by Gasteiger charge is 2.33. The number of alkyl halides is 1. The van der Waals surface area contributed by atoms with Crippen molar-refractivity contribution in [3.63, 3.8) is 0 Å². The van der Waals surface area contributed by atoms with E-state index in [1.54, 1.807) is 7.05 Å². The van der Waals surface area contributed by atoms with Crippen LogP contribution in [-0.2, 0) is 10.0 Å². The van der Waals surface area contributed by atoms with E-state index in [1.807, 2.05) is 13.8 Å². The van der Waals surface area contributed by atoms with Crippen LogP contribution in [0, 0.1) is 5.92 Å². The van der Waals surface area contributed by atoms with Gasteiger partial charge in [0.15, 0.2) is 0 Å². The van der Waals surface area contributed by atoms with Crippen LogP contribution in [0.4, 0.5) is 0 Å². The maximum absolute atomic E-state index is 12.1. The van der Waals surface area contributed by atoms with Crippen LogP contribution in [0.15, 0.2) is 0 Å². The lowest BCUT2D eigenvalue weighted by molar-refractivity contribution is 0.290. The third kappa shape index (κ3) is 3.60. The molecule has 0 aromatic carbocycles. The summed E-state index contributed by atoms with van der Waals surface area (Å²) in [6.45, 7) is 3.84. The average Bonchev–Trinajstić information content (AvgIpc) is 2.15. The Hall–Kier alpha value is 0.200. The average molecular weight is 268 g/mol. The fourth-order valence-corrected chi connectivity index (χ4v) is 4.48. The van der Waals surface area contributed by atoms with Gasteiger partial charge >= 0.3 is 0 Å². The molecule has 2 unspecified atom stereocenters. The van der Waals surface area contributed by atoms with Gasteiger partial charge in [-0.3, -0.25) is 0 Å². The maximum atomic E-state index is 12.1. The monoisotopic (exact) mass is 267 g/mol. The van der Waals surface area contributed by atoms with Gasteiger partial charge in [-0.1, -0.05) is 26.7 Å². The summed E-state index contributed by atoms with van der Waals surface area (Å²) in [6.07, 6.45) is 4.01. The number of halogens is 1. The molecule has 96 valence electrons. The van der Waals surface area contributed by atoms with Crippen molar-refractivity contribution in [2.75, 3.05) is 12.8 Å². The van der Waals surface area contributed by atoms with Crippen molar-refractivity contribution >= 4 is 21.6 Å². The largest absolute Gasteiger partial charge is 0.214 e. The molecule has 0 saturated heterocycles. The first-order valence-electron chi connectivity index (χ1n) is 5.94. The molecule has 2 atom stereocenters. The molecule has 1 aliphatic rings. The van der Waals surface area contributed by atoms with Gasteiger partial charge in [0.1, 0.15) is 0 Å². The quantitative estimate of drug-likeness (QED) is 0.734. The lowest BCUT2D eigenvalue weighted by atomic mass is 9.95. The second-order valence-corrected chi connectivity index (χ2v) is 7.69. The van der Waals surface area contributed by atoms with Crippen molar-refractivity contribution in [3.8, 4) is 0 Å². The molecule has 16 heavy (non-hydrogen) atoms. The molecule has 5 heteroatoms. The van der Waals surface area contributed by atoms with E-state index in [9.17, 15) is 8.42 Å². The zero-order valence-electron chi connectivity index (χ0n) is 10.3. The van der Waals surface area contributed by atoms with Gasteiger partial charge in [-0.25, -0.2) is 12.7 Å². The molecule has 0 aromatic rings. The van der Waals surface area contributed by atoms with E-state index >= 15 is 0 Å². The molecular formula is C11H22ClNO2S. The summed E-state index contributed by atoms with van der Waals surface area (Å²) in [4.78, 5) is 0. The van der Waals surface area contributed by atoms with Gasteiger partial charge in [0, 0.05) is 13.1 Å². The van der Waals surface area contributed by atoms with E-state index in [2.05, 4.69) is 0 Å². The van der Waals surface area contributed by atoms with Crippen molar-refractivity contribution in [1.82, 2.24) is 4.31 Å². The zero-order chi connectivity index (χ0) is 12.3. The first-order valence-corrected chi connectivity index (χ1v) is 7.99. The Morgan fingerprint density at radius 1 is 1.31 bits per heavy atom. The van der Waals surface area contributed by atoms with E-state index in [-0.39, 0.29) is 23.1 Å². The second kappa shape index (κ2) is 5.69. The number of hydrogen-bond acceptors (Lipinski definition) is 2.